The van der Waals surface area contributed by atoms with Crippen molar-refractivity contribution in [3.63, 3.8) is 0 Å². The molecular weight excluding hydrogens is 262 g/mol. The average molecular weight is 283 g/mol. The molecule has 3 nitrogen and oxygen atoms in total. The number of benzene rings is 2. The monoisotopic (exact) mass is 283 g/mol. The Balaban J connectivity index is 1.92. The number of nitrogens with two attached hydrogens (primary N) is 1. The van der Waals surface area contributed by atoms with Crippen molar-refractivity contribution >= 4 is 0 Å². The molecule has 0 unspecified atom stereocenters. The van der Waals surface area contributed by atoms with E-state index in [0.717, 1.165) is 17.7 Å². The summed E-state index contributed by atoms with van der Waals surface area (Å²) in [5.41, 5.74) is 8.85. The molecule has 0 aromatic heterocycles. The van der Waals surface area contributed by atoms with Crippen LogP contribution in [-0.2, 0) is 6.42 Å². The number of aliphatic hydroxyl groups is 1. The third-order valence-corrected chi connectivity index (χ3v) is 4.11. The van der Waals surface area contributed by atoms with Crippen LogP contribution in [0.15, 0.2) is 48.5 Å². The third-order valence-electron chi connectivity index (χ3n) is 4.11. The second-order valence-corrected chi connectivity index (χ2v) is 6.21. The standard InChI is InChI=1S/C18H21NO2/c1-18(2)17(20)16(19)14-11-13(8-9-15(14)21-18)10-12-6-4-3-5-7-12/h3-9,11,16-17,20H,10,19H2,1-2H3/t16-,17+/m1/s1. The quantitative estimate of drug-likeness (QED) is 0.891. The van der Waals surface area contributed by atoms with Gasteiger partial charge in [0.15, 0.2) is 0 Å². The number of fused-ring (bicyclic) bond motifs is 1. The minimum Gasteiger partial charge on any atom is -0.485 e. The van der Waals surface area contributed by atoms with Gasteiger partial charge in [0.05, 0.1) is 6.04 Å². The highest BCUT2D eigenvalue weighted by Gasteiger charge is 2.41. The molecule has 0 saturated heterocycles. The summed E-state index contributed by atoms with van der Waals surface area (Å²) in [4.78, 5) is 0. The van der Waals surface area contributed by atoms with Gasteiger partial charge < -0.3 is 15.6 Å². The molecule has 0 aliphatic carbocycles. The second kappa shape index (κ2) is 5.17. The molecule has 3 N–H and O–H groups in total. The Morgan fingerprint density at radius 3 is 2.52 bits per heavy atom. The lowest BCUT2D eigenvalue weighted by atomic mass is 9.86. The number of hydrogen-bond acceptors (Lipinski definition) is 3. The maximum Gasteiger partial charge on any atom is 0.131 e. The zero-order valence-corrected chi connectivity index (χ0v) is 12.4. The summed E-state index contributed by atoms with van der Waals surface area (Å²) >= 11 is 0. The Labute approximate surface area is 125 Å². The van der Waals surface area contributed by atoms with E-state index in [0.29, 0.717) is 0 Å². The van der Waals surface area contributed by atoms with Crippen LogP contribution in [0, 0.1) is 0 Å². The van der Waals surface area contributed by atoms with Gasteiger partial charge in [0.1, 0.15) is 17.5 Å². The number of aliphatic hydroxyl groups excluding tert-OH is 1. The highest BCUT2D eigenvalue weighted by atomic mass is 16.5. The van der Waals surface area contributed by atoms with Crippen LogP contribution in [-0.4, -0.2) is 16.8 Å². The largest absolute Gasteiger partial charge is 0.485 e. The smallest absolute Gasteiger partial charge is 0.131 e. The molecule has 0 spiro atoms. The molecule has 3 heteroatoms. The summed E-state index contributed by atoms with van der Waals surface area (Å²) in [6.45, 7) is 3.72. The fourth-order valence-corrected chi connectivity index (χ4v) is 2.84. The molecule has 1 aliphatic heterocycles. The SMILES string of the molecule is CC1(C)Oc2ccc(Cc3ccccc3)cc2[C@@H](N)[C@@H]1O. The lowest BCUT2D eigenvalue weighted by Gasteiger charge is -2.40. The van der Waals surface area contributed by atoms with Crippen LogP contribution < -0.4 is 10.5 Å². The van der Waals surface area contributed by atoms with E-state index in [-0.39, 0.29) is 0 Å². The molecular formula is C18H21NO2. The molecule has 110 valence electrons. The molecule has 1 heterocycles. The molecule has 0 radical (unpaired) electrons. The summed E-state index contributed by atoms with van der Waals surface area (Å²) in [5.74, 6) is 0.773. The molecule has 3 rings (SSSR count). The predicted octanol–water partition coefficient (Wildman–Crippen LogP) is 2.81. The highest BCUT2D eigenvalue weighted by molar-refractivity contribution is 5.44. The molecule has 21 heavy (non-hydrogen) atoms. The molecule has 2 aromatic rings. The molecule has 0 bridgehead atoms. The van der Waals surface area contributed by atoms with Crippen LogP contribution in [0.2, 0.25) is 0 Å². The van der Waals surface area contributed by atoms with Gasteiger partial charge in [0.2, 0.25) is 0 Å². The minimum absolute atomic E-state index is 0.417. The van der Waals surface area contributed by atoms with Gasteiger partial charge in [0.25, 0.3) is 0 Å². The predicted molar refractivity (Wildman–Crippen MR) is 83.3 cm³/mol. The van der Waals surface area contributed by atoms with Crippen molar-refractivity contribution in [2.75, 3.05) is 0 Å². The van der Waals surface area contributed by atoms with E-state index in [2.05, 4.69) is 18.2 Å². The van der Waals surface area contributed by atoms with E-state index in [4.69, 9.17) is 10.5 Å². The lowest BCUT2D eigenvalue weighted by Crippen LogP contribution is -2.51. The third kappa shape index (κ3) is 2.67. The summed E-state index contributed by atoms with van der Waals surface area (Å²) in [6, 6.07) is 15.9. The number of ether oxygens (including phenoxy) is 1. The first-order valence-electron chi connectivity index (χ1n) is 7.27. The van der Waals surface area contributed by atoms with Gasteiger partial charge in [-0.25, -0.2) is 0 Å². The maximum absolute atomic E-state index is 10.3. The number of hydrogen-bond donors (Lipinski definition) is 2. The molecule has 2 aromatic carbocycles. The fourth-order valence-electron chi connectivity index (χ4n) is 2.84. The zero-order valence-electron chi connectivity index (χ0n) is 12.4. The van der Waals surface area contributed by atoms with Crippen LogP contribution >= 0.6 is 0 Å². The summed E-state index contributed by atoms with van der Waals surface area (Å²) in [6.07, 6.45) is 0.136. The van der Waals surface area contributed by atoms with E-state index in [1.54, 1.807) is 0 Å². The van der Waals surface area contributed by atoms with Crippen LogP contribution in [0.4, 0.5) is 0 Å². The average Bonchev–Trinajstić information content (AvgIpc) is 2.47. The van der Waals surface area contributed by atoms with Gasteiger partial charge in [-0.15, -0.1) is 0 Å². The van der Waals surface area contributed by atoms with Crippen molar-refractivity contribution < 1.29 is 9.84 Å². The van der Waals surface area contributed by atoms with Crippen LogP contribution in [0.1, 0.15) is 36.6 Å². The topological polar surface area (TPSA) is 55.5 Å². The van der Waals surface area contributed by atoms with Crippen LogP contribution in [0.3, 0.4) is 0 Å². The second-order valence-electron chi connectivity index (χ2n) is 6.21. The summed E-state index contributed by atoms with van der Waals surface area (Å²) in [5, 5.41) is 10.3. The number of rotatable bonds is 2. The van der Waals surface area contributed by atoms with E-state index in [1.807, 2.05) is 44.2 Å². The van der Waals surface area contributed by atoms with E-state index < -0.39 is 17.7 Å². The van der Waals surface area contributed by atoms with Crippen LogP contribution in [0.25, 0.3) is 0 Å². The Bertz CT molecular complexity index is 637. The molecule has 2 atom stereocenters. The first-order valence-corrected chi connectivity index (χ1v) is 7.27. The first kappa shape index (κ1) is 14.1. The van der Waals surface area contributed by atoms with Gasteiger partial charge in [-0.1, -0.05) is 42.5 Å². The summed E-state index contributed by atoms with van der Waals surface area (Å²) < 4.78 is 5.88. The van der Waals surface area contributed by atoms with Crippen molar-refractivity contribution in [2.45, 2.75) is 38.0 Å². The Morgan fingerprint density at radius 2 is 1.81 bits per heavy atom. The van der Waals surface area contributed by atoms with Gasteiger partial charge in [-0.2, -0.15) is 0 Å². The lowest BCUT2D eigenvalue weighted by molar-refractivity contribution is -0.0572. The Kier molecular flexibility index (Phi) is 3.47. The first-order chi connectivity index (χ1) is 9.97. The molecule has 0 fully saturated rings. The van der Waals surface area contributed by atoms with Crippen molar-refractivity contribution in [2.24, 2.45) is 5.73 Å². The summed E-state index contributed by atoms with van der Waals surface area (Å²) in [7, 11) is 0. The van der Waals surface area contributed by atoms with E-state index >= 15 is 0 Å². The maximum atomic E-state index is 10.3. The van der Waals surface area contributed by atoms with Crippen molar-refractivity contribution in [1.82, 2.24) is 0 Å². The van der Waals surface area contributed by atoms with Gasteiger partial charge in [-0.05, 0) is 37.5 Å². The highest BCUT2D eigenvalue weighted by Crippen LogP contribution is 2.39. The van der Waals surface area contributed by atoms with Gasteiger partial charge >= 0.3 is 0 Å². The van der Waals surface area contributed by atoms with Crippen LogP contribution in [0.5, 0.6) is 5.75 Å². The molecule has 0 saturated carbocycles. The normalized spacial score (nSPS) is 23.2. The van der Waals surface area contributed by atoms with Crippen molar-refractivity contribution in [1.29, 1.82) is 0 Å². The molecule has 0 amide bonds. The van der Waals surface area contributed by atoms with Crippen molar-refractivity contribution in [3.05, 3.63) is 65.2 Å². The molecule has 1 aliphatic rings. The van der Waals surface area contributed by atoms with Crippen molar-refractivity contribution in [3.8, 4) is 5.75 Å². The van der Waals surface area contributed by atoms with E-state index in [9.17, 15) is 5.11 Å². The van der Waals surface area contributed by atoms with Gasteiger partial charge in [-0.3, -0.25) is 0 Å². The zero-order chi connectivity index (χ0) is 15.0. The minimum atomic E-state index is -0.711. The fraction of sp³-hybridized carbons (Fsp3) is 0.333. The Hall–Kier alpha value is -1.84. The Morgan fingerprint density at radius 1 is 1.10 bits per heavy atom. The van der Waals surface area contributed by atoms with E-state index in [1.165, 1.54) is 11.1 Å². The van der Waals surface area contributed by atoms with Gasteiger partial charge in [0, 0.05) is 5.56 Å².